The van der Waals surface area contributed by atoms with Gasteiger partial charge in [-0.3, -0.25) is 4.79 Å². The van der Waals surface area contributed by atoms with E-state index in [9.17, 15) is 4.79 Å². The van der Waals surface area contributed by atoms with Crippen LogP contribution in [0, 0.1) is 18.3 Å². The molecule has 0 radical (unpaired) electrons. The van der Waals surface area contributed by atoms with Crippen LogP contribution < -0.4 is 5.32 Å². The Morgan fingerprint density at radius 2 is 2.38 bits per heavy atom. The molecule has 0 aromatic heterocycles. The molecule has 1 fully saturated rings. The Hall–Kier alpha value is -1.01. The number of rotatable bonds is 4. The smallest absolute Gasteiger partial charge is 0.234 e. The predicted molar refractivity (Wildman–Crippen MR) is 65.9 cm³/mol. The van der Waals surface area contributed by atoms with Crippen LogP contribution in [0.2, 0.25) is 0 Å². The zero-order valence-corrected chi connectivity index (χ0v) is 10.3. The van der Waals surface area contributed by atoms with Crippen molar-refractivity contribution < 1.29 is 4.79 Å². The minimum atomic E-state index is 0.0862. The molecule has 1 amide bonds. The first-order valence-corrected chi connectivity index (χ1v) is 6.08. The van der Waals surface area contributed by atoms with E-state index in [2.05, 4.69) is 11.2 Å². The van der Waals surface area contributed by atoms with Gasteiger partial charge in [-0.1, -0.05) is 5.92 Å². The number of hydrogen-bond acceptors (Lipinski definition) is 2. The summed E-state index contributed by atoms with van der Waals surface area (Å²) in [5.74, 6) is 3.10. The number of nitrogens with zero attached hydrogens (tertiary/aromatic N) is 1. The van der Waals surface area contributed by atoms with Crippen molar-refractivity contribution in [2.75, 3.05) is 19.6 Å². The molecule has 0 aliphatic carbocycles. The highest BCUT2D eigenvalue weighted by Crippen LogP contribution is 2.14. The van der Waals surface area contributed by atoms with Gasteiger partial charge in [-0.05, 0) is 45.7 Å². The van der Waals surface area contributed by atoms with Crippen LogP contribution in [0.3, 0.4) is 0 Å². The van der Waals surface area contributed by atoms with E-state index < -0.39 is 0 Å². The van der Waals surface area contributed by atoms with Gasteiger partial charge in [-0.2, -0.15) is 0 Å². The van der Waals surface area contributed by atoms with E-state index in [-0.39, 0.29) is 18.4 Å². The molecular formula is C13H22N2O. The fourth-order valence-corrected chi connectivity index (χ4v) is 2.15. The maximum absolute atomic E-state index is 11.8. The van der Waals surface area contributed by atoms with E-state index in [0.717, 1.165) is 19.6 Å². The van der Waals surface area contributed by atoms with Crippen LogP contribution in [-0.4, -0.2) is 36.5 Å². The van der Waals surface area contributed by atoms with Crippen LogP contribution >= 0.6 is 0 Å². The molecule has 0 bridgehead atoms. The summed E-state index contributed by atoms with van der Waals surface area (Å²) in [4.78, 5) is 13.7. The molecule has 0 saturated carbocycles. The molecule has 1 saturated heterocycles. The Morgan fingerprint density at radius 1 is 1.62 bits per heavy atom. The molecule has 3 nitrogen and oxygen atoms in total. The lowest BCUT2D eigenvalue weighted by Gasteiger charge is -2.32. The molecule has 1 aliphatic heterocycles. The summed E-state index contributed by atoms with van der Waals surface area (Å²) < 4.78 is 0. The van der Waals surface area contributed by atoms with E-state index in [1.165, 1.54) is 12.8 Å². The fourth-order valence-electron chi connectivity index (χ4n) is 2.15. The number of nitrogens with one attached hydrogen (secondary N) is 1. The molecule has 16 heavy (non-hydrogen) atoms. The number of carbonyl (C=O) groups excluding carboxylic acids is 1. The van der Waals surface area contributed by atoms with Gasteiger partial charge < -0.3 is 10.2 Å². The minimum Gasteiger partial charge on any atom is -0.339 e. The number of hydrogen-bond donors (Lipinski definition) is 1. The third-order valence-corrected chi connectivity index (χ3v) is 3.05. The second-order valence-electron chi connectivity index (χ2n) is 4.73. The Labute approximate surface area is 98.6 Å². The normalized spacial score (nSPS) is 20.5. The van der Waals surface area contributed by atoms with Gasteiger partial charge in [-0.25, -0.2) is 0 Å². The average Bonchev–Trinajstić information content (AvgIpc) is 2.27. The molecule has 1 rings (SSSR count). The third kappa shape index (κ3) is 3.86. The van der Waals surface area contributed by atoms with Crippen molar-refractivity contribution in [3.8, 4) is 12.3 Å². The highest BCUT2D eigenvalue weighted by atomic mass is 16.2. The maximum Gasteiger partial charge on any atom is 0.234 e. The summed E-state index contributed by atoms with van der Waals surface area (Å²) in [6, 6.07) is 0.239. The number of piperidine rings is 1. The minimum absolute atomic E-state index is 0.0862. The number of amides is 1. The number of carbonyl (C=O) groups is 1. The molecule has 0 aromatic carbocycles. The summed E-state index contributed by atoms with van der Waals surface area (Å²) in [6.45, 7) is 7.06. The van der Waals surface area contributed by atoms with Crippen molar-refractivity contribution >= 4 is 5.91 Å². The van der Waals surface area contributed by atoms with Gasteiger partial charge in [0, 0.05) is 12.6 Å². The molecule has 3 heteroatoms. The largest absolute Gasteiger partial charge is 0.339 e. The van der Waals surface area contributed by atoms with Crippen LogP contribution in [0.25, 0.3) is 0 Å². The van der Waals surface area contributed by atoms with Crippen molar-refractivity contribution in [2.24, 2.45) is 5.92 Å². The van der Waals surface area contributed by atoms with Gasteiger partial charge in [0.15, 0.2) is 0 Å². The molecule has 1 atom stereocenters. The van der Waals surface area contributed by atoms with Crippen LogP contribution in [-0.2, 0) is 4.79 Å². The standard InChI is InChI=1S/C13H22N2O/c1-4-6-13(16)15(11(2)3)10-12-7-5-8-14-9-12/h1,11-12,14H,5-10H2,2-3H3. The van der Waals surface area contributed by atoms with Crippen molar-refractivity contribution in [2.45, 2.75) is 39.2 Å². The average molecular weight is 222 g/mol. The Bertz CT molecular complexity index is 262. The summed E-state index contributed by atoms with van der Waals surface area (Å²) in [7, 11) is 0. The van der Waals surface area contributed by atoms with Crippen molar-refractivity contribution in [1.29, 1.82) is 0 Å². The van der Waals surface area contributed by atoms with E-state index in [1.54, 1.807) is 0 Å². The Morgan fingerprint density at radius 3 is 2.88 bits per heavy atom. The van der Waals surface area contributed by atoms with Gasteiger partial charge in [-0.15, -0.1) is 6.42 Å². The molecule has 90 valence electrons. The third-order valence-electron chi connectivity index (χ3n) is 3.05. The summed E-state index contributed by atoms with van der Waals surface area (Å²) in [5, 5.41) is 3.37. The monoisotopic (exact) mass is 222 g/mol. The van der Waals surface area contributed by atoms with Gasteiger partial charge in [0.2, 0.25) is 5.91 Å². The summed E-state index contributed by atoms with van der Waals surface area (Å²) in [6.07, 6.45) is 7.83. The Kier molecular flexibility index (Phi) is 5.34. The van der Waals surface area contributed by atoms with Crippen molar-refractivity contribution in [3.63, 3.8) is 0 Å². The fraction of sp³-hybridized carbons (Fsp3) is 0.769. The topological polar surface area (TPSA) is 32.3 Å². The zero-order valence-electron chi connectivity index (χ0n) is 10.3. The highest BCUT2D eigenvalue weighted by molar-refractivity contribution is 5.78. The van der Waals surface area contributed by atoms with E-state index in [4.69, 9.17) is 6.42 Å². The lowest BCUT2D eigenvalue weighted by atomic mass is 9.98. The number of terminal acetylenes is 1. The lowest BCUT2D eigenvalue weighted by molar-refractivity contribution is -0.132. The lowest BCUT2D eigenvalue weighted by Crippen LogP contribution is -2.44. The SMILES string of the molecule is C#CCC(=O)N(CC1CCCNC1)C(C)C. The first-order valence-electron chi connectivity index (χ1n) is 6.08. The van der Waals surface area contributed by atoms with E-state index in [0.29, 0.717) is 5.92 Å². The van der Waals surface area contributed by atoms with Gasteiger partial charge in [0.05, 0.1) is 6.42 Å². The molecular weight excluding hydrogens is 200 g/mol. The summed E-state index contributed by atoms with van der Waals surface area (Å²) >= 11 is 0. The predicted octanol–water partition coefficient (Wildman–Crippen LogP) is 1.25. The summed E-state index contributed by atoms with van der Waals surface area (Å²) in [5.41, 5.74) is 0. The second-order valence-corrected chi connectivity index (χ2v) is 4.73. The van der Waals surface area contributed by atoms with Crippen LogP contribution in [0.15, 0.2) is 0 Å². The molecule has 1 N–H and O–H groups in total. The van der Waals surface area contributed by atoms with E-state index >= 15 is 0 Å². The van der Waals surface area contributed by atoms with Crippen molar-refractivity contribution in [1.82, 2.24) is 10.2 Å². The highest BCUT2D eigenvalue weighted by Gasteiger charge is 2.21. The van der Waals surface area contributed by atoms with Crippen LogP contribution in [0.4, 0.5) is 0 Å². The molecule has 0 spiro atoms. The Balaban J connectivity index is 2.50. The van der Waals surface area contributed by atoms with Gasteiger partial charge >= 0.3 is 0 Å². The molecule has 0 aromatic rings. The zero-order chi connectivity index (χ0) is 12.0. The maximum atomic E-state index is 11.8. The first kappa shape index (κ1) is 13.1. The van der Waals surface area contributed by atoms with Crippen LogP contribution in [0.1, 0.15) is 33.1 Å². The van der Waals surface area contributed by atoms with Crippen LogP contribution in [0.5, 0.6) is 0 Å². The quantitative estimate of drug-likeness (QED) is 0.726. The van der Waals surface area contributed by atoms with Gasteiger partial charge in [0.1, 0.15) is 0 Å². The van der Waals surface area contributed by atoms with E-state index in [1.807, 2.05) is 18.7 Å². The van der Waals surface area contributed by atoms with Gasteiger partial charge in [0.25, 0.3) is 0 Å². The molecule has 1 heterocycles. The second kappa shape index (κ2) is 6.55. The molecule has 1 aliphatic rings. The van der Waals surface area contributed by atoms with Crippen molar-refractivity contribution in [3.05, 3.63) is 0 Å². The first-order chi connectivity index (χ1) is 7.65. The molecule has 1 unspecified atom stereocenters.